The molecule has 1 rings (SSSR count). The zero-order valence-electron chi connectivity index (χ0n) is 9.44. The van der Waals surface area contributed by atoms with Gasteiger partial charge in [-0.15, -0.1) is 0 Å². The molecule has 0 saturated carbocycles. The van der Waals surface area contributed by atoms with Crippen LogP contribution in [0.15, 0.2) is 12.1 Å². The number of halogens is 2. The maximum absolute atomic E-state index is 13.3. The molecule has 0 aliphatic heterocycles. The molecule has 0 radical (unpaired) electrons. The van der Waals surface area contributed by atoms with Gasteiger partial charge in [-0.3, -0.25) is 14.9 Å². The molecule has 3 N–H and O–H groups in total. The summed E-state index contributed by atoms with van der Waals surface area (Å²) >= 11 is 0. The molecule has 1 unspecified atom stereocenters. The lowest BCUT2D eigenvalue weighted by molar-refractivity contribution is -0.387. The number of rotatable bonds is 4. The van der Waals surface area contributed by atoms with E-state index in [1.54, 1.807) is 6.92 Å². The fourth-order valence-electron chi connectivity index (χ4n) is 1.18. The number of nitrogens with two attached hydrogens (primary N) is 1. The standard InChI is InChI=1S/C10H11F2N3O3/c1-2-7(13)10(16)14-8-4-9(15(17)18)6(12)3-5(8)11/h3-4,7H,2,13H2,1H3,(H,14,16). The van der Waals surface area contributed by atoms with Crippen LogP contribution >= 0.6 is 0 Å². The van der Waals surface area contributed by atoms with Crippen molar-refractivity contribution in [2.24, 2.45) is 5.73 Å². The molecule has 0 saturated heterocycles. The zero-order chi connectivity index (χ0) is 13.9. The van der Waals surface area contributed by atoms with Gasteiger partial charge in [-0.25, -0.2) is 4.39 Å². The van der Waals surface area contributed by atoms with Crippen molar-refractivity contribution in [3.8, 4) is 0 Å². The second kappa shape index (κ2) is 5.50. The molecule has 1 aromatic carbocycles. The minimum absolute atomic E-state index is 0.316. The Bertz CT molecular complexity index is 494. The number of hydrogen-bond acceptors (Lipinski definition) is 4. The lowest BCUT2D eigenvalue weighted by Gasteiger charge is -2.10. The maximum atomic E-state index is 13.3. The molecule has 0 aliphatic carbocycles. The van der Waals surface area contributed by atoms with E-state index in [-0.39, 0.29) is 0 Å². The van der Waals surface area contributed by atoms with Gasteiger partial charge in [0.25, 0.3) is 0 Å². The van der Waals surface area contributed by atoms with E-state index < -0.39 is 39.9 Å². The monoisotopic (exact) mass is 259 g/mol. The SMILES string of the molecule is CCC(N)C(=O)Nc1cc([N+](=O)[O-])c(F)cc1F. The molecule has 0 fully saturated rings. The highest BCUT2D eigenvalue weighted by Crippen LogP contribution is 2.25. The first-order valence-electron chi connectivity index (χ1n) is 5.06. The molecule has 0 aliphatic rings. The van der Waals surface area contributed by atoms with Crippen LogP contribution in [0.1, 0.15) is 13.3 Å². The summed E-state index contributed by atoms with van der Waals surface area (Å²) in [6.07, 6.45) is 0.316. The first-order chi connectivity index (χ1) is 8.36. The summed E-state index contributed by atoms with van der Waals surface area (Å²) in [5.74, 6) is -3.11. The second-order valence-electron chi connectivity index (χ2n) is 3.54. The topological polar surface area (TPSA) is 98.3 Å². The highest BCUT2D eigenvalue weighted by Gasteiger charge is 2.20. The van der Waals surface area contributed by atoms with Gasteiger partial charge < -0.3 is 11.1 Å². The minimum Gasteiger partial charge on any atom is -0.322 e. The minimum atomic E-state index is -1.31. The number of amides is 1. The van der Waals surface area contributed by atoms with Crippen molar-refractivity contribution < 1.29 is 18.5 Å². The van der Waals surface area contributed by atoms with E-state index in [0.29, 0.717) is 18.6 Å². The van der Waals surface area contributed by atoms with Crippen molar-refractivity contribution in [1.82, 2.24) is 0 Å². The predicted molar refractivity (Wildman–Crippen MR) is 59.9 cm³/mol. The van der Waals surface area contributed by atoms with Gasteiger partial charge in [-0.05, 0) is 6.42 Å². The Morgan fingerprint density at radius 2 is 2.11 bits per heavy atom. The van der Waals surface area contributed by atoms with Crippen molar-refractivity contribution in [3.63, 3.8) is 0 Å². The number of anilines is 1. The molecule has 98 valence electrons. The van der Waals surface area contributed by atoms with Crippen molar-refractivity contribution in [1.29, 1.82) is 0 Å². The number of benzene rings is 1. The Morgan fingerprint density at radius 3 is 2.61 bits per heavy atom. The number of nitrogens with zero attached hydrogens (tertiary/aromatic N) is 1. The molecule has 1 atom stereocenters. The molecular formula is C10H11F2N3O3. The Hall–Kier alpha value is -2.09. The summed E-state index contributed by atoms with van der Waals surface area (Å²) in [5.41, 5.74) is 4.01. The molecule has 0 spiro atoms. The van der Waals surface area contributed by atoms with Crippen molar-refractivity contribution in [2.45, 2.75) is 19.4 Å². The van der Waals surface area contributed by atoms with Gasteiger partial charge in [0.05, 0.1) is 16.7 Å². The van der Waals surface area contributed by atoms with Gasteiger partial charge in [0.1, 0.15) is 5.82 Å². The third-order valence-corrected chi connectivity index (χ3v) is 2.27. The van der Waals surface area contributed by atoms with Crippen LogP contribution in [0.2, 0.25) is 0 Å². The summed E-state index contributed by atoms with van der Waals surface area (Å²) < 4.78 is 26.3. The van der Waals surface area contributed by atoms with E-state index in [2.05, 4.69) is 5.32 Å². The van der Waals surface area contributed by atoms with E-state index in [1.165, 1.54) is 0 Å². The molecule has 18 heavy (non-hydrogen) atoms. The van der Waals surface area contributed by atoms with Crippen molar-refractivity contribution in [3.05, 3.63) is 33.9 Å². The lowest BCUT2D eigenvalue weighted by Crippen LogP contribution is -2.35. The van der Waals surface area contributed by atoms with Crippen LogP contribution in [0.4, 0.5) is 20.2 Å². The van der Waals surface area contributed by atoms with E-state index in [0.717, 1.165) is 0 Å². The molecule has 0 bridgehead atoms. The average Bonchev–Trinajstić information content (AvgIpc) is 2.30. The molecule has 0 heterocycles. The molecule has 1 amide bonds. The van der Waals surface area contributed by atoms with Crippen LogP contribution in [-0.2, 0) is 4.79 Å². The fraction of sp³-hybridized carbons (Fsp3) is 0.300. The van der Waals surface area contributed by atoms with E-state index >= 15 is 0 Å². The number of hydrogen-bond donors (Lipinski definition) is 2. The van der Waals surface area contributed by atoms with Crippen molar-refractivity contribution in [2.75, 3.05) is 5.32 Å². The zero-order valence-corrected chi connectivity index (χ0v) is 9.44. The highest BCUT2D eigenvalue weighted by molar-refractivity contribution is 5.95. The van der Waals surface area contributed by atoms with Gasteiger partial charge in [-0.2, -0.15) is 4.39 Å². The van der Waals surface area contributed by atoms with Crippen LogP contribution in [-0.4, -0.2) is 16.9 Å². The Labute approximate surface area is 101 Å². The smallest absolute Gasteiger partial charge is 0.307 e. The van der Waals surface area contributed by atoms with Crippen LogP contribution in [0.25, 0.3) is 0 Å². The Balaban J connectivity index is 3.06. The molecule has 8 heteroatoms. The number of carbonyl (C=O) groups excluding carboxylic acids is 1. The third-order valence-electron chi connectivity index (χ3n) is 2.27. The molecule has 6 nitrogen and oxygen atoms in total. The molecular weight excluding hydrogens is 248 g/mol. The largest absolute Gasteiger partial charge is 0.322 e. The van der Waals surface area contributed by atoms with E-state index in [9.17, 15) is 23.7 Å². The van der Waals surface area contributed by atoms with Gasteiger partial charge in [0, 0.05) is 12.1 Å². The number of nitro groups is 1. The van der Waals surface area contributed by atoms with Gasteiger partial charge in [0.2, 0.25) is 11.7 Å². The Morgan fingerprint density at radius 1 is 1.50 bits per heavy atom. The Kier molecular flexibility index (Phi) is 4.27. The normalized spacial score (nSPS) is 12.0. The first-order valence-corrected chi connectivity index (χ1v) is 5.06. The summed E-state index contributed by atoms with van der Waals surface area (Å²) in [5, 5.41) is 12.5. The van der Waals surface area contributed by atoms with Gasteiger partial charge in [0.15, 0.2) is 0 Å². The third kappa shape index (κ3) is 2.98. The van der Waals surface area contributed by atoms with E-state index in [4.69, 9.17) is 5.73 Å². The number of nitrogens with one attached hydrogen (secondary N) is 1. The maximum Gasteiger partial charge on any atom is 0.307 e. The fourth-order valence-corrected chi connectivity index (χ4v) is 1.18. The quantitative estimate of drug-likeness (QED) is 0.633. The average molecular weight is 259 g/mol. The molecule has 1 aromatic rings. The first kappa shape index (κ1) is 14.0. The van der Waals surface area contributed by atoms with Crippen molar-refractivity contribution >= 4 is 17.3 Å². The molecule has 0 aromatic heterocycles. The van der Waals surface area contributed by atoms with Crippen LogP contribution < -0.4 is 11.1 Å². The van der Waals surface area contributed by atoms with Gasteiger partial charge >= 0.3 is 5.69 Å². The highest BCUT2D eigenvalue weighted by atomic mass is 19.1. The summed E-state index contributed by atoms with van der Waals surface area (Å²) in [6.45, 7) is 1.65. The number of nitro benzene ring substituents is 1. The second-order valence-corrected chi connectivity index (χ2v) is 3.54. The van der Waals surface area contributed by atoms with E-state index in [1.807, 2.05) is 0 Å². The van der Waals surface area contributed by atoms with Crippen LogP contribution in [0.3, 0.4) is 0 Å². The summed E-state index contributed by atoms with van der Waals surface area (Å²) in [4.78, 5) is 20.9. The summed E-state index contributed by atoms with van der Waals surface area (Å²) in [7, 11) is 0. The van der Waals surface area contributed by atoms with Crippen LogP contribution in [0.5, 0.6) is 0 Å². The number of carbonyl (C=O) groups is 1. The van der Waals surface area contributed by atoms with Crippen LogP contribution in [0, 0.1) is 21.7 Å². The summed E-state index contributed by atoms with van der Waals surface area (Å²) in [6, 6.07) is 0.0874. The predicted octanol–water partition coefficient (Wildman–Crippen LogP) is 1.55. The lowest BCUT2D eigenvalue weighted by atomic mass is 10.2. The van der Waals surface area contributed by atoms with Gasteiger partial charge in [-0.1, -0.05) is 6.92 Å².